The van der Waals surface area contributed by atoms with Crippen LogP contribution in [0.2, 0.25) is 0 Å². The Morgan fingerprint density at radius 3 is 2.00 bits per heavy atom. The molecule has 4 heteroatoms. The number of quaternary nitrogens is 1. The van der Waals surface area contributed by atoms with E-state index in [1.165, 1.54) is 0 Å². The number of nitrogens with zero attached hydrogens (tertiary/aromatic N) is 3. The molecule has 0 saturated carbocycles. The first-order valence-electron chi connectivity index (χ1n) is 4.58. The highest BCUT2D eigenvalue weighted by Crippen LogP contribution is 2.22. The van der Waals surface area contributed by atoms with Crippen LogP contribution in [0.1, 0.15) is 13.8 Å². The molecule has 0 aliphatic heterocycles. The molecule has 0 unspecified atom stereocenters. The molecule has 0 amide bonds. The maximum Gasteiger partial charge on any atom is 0.403 e. The van der Waals surface area contributed by atoms with Crippen LogP contribution in [0, 0.1) is 5.39 Å². The average Bonchev–Trinajstić information content (AvgIpc) is 2.23. The van der Waals surface area contributed by atoms with Crippen molar-refractivity contribution in [3.05, 3.63) is 35.4 Å². The van der Waals surface area contributed by atoms with Crippen LogP contribution >= 0.6 is 12.4 Å². The van der Waals surface area contributed by atoms with Crippen LogP contribution in [0.15, 0.2) is 30.3 Å². The predicted octanol–water partition coefficient (Wildman–Crippen LogP) is 3.22. The van der Waals surface area contributed by atoms with E-state index in [0.717, 1.165) is 18.8 Å². The molecule has 0 atom stereocenters. The predicted molar refractivity (Wildman–Crippen MR) is 61.7 cm³/mol. The van der Waals surface area contributed by atoms with E-state index in [-0.39, 0.29) is 17.0 Å². The third kappa shape index (κ3) is 2.22. The Hall–Kier alpha value is -1.11. The van der Waals surface area contributed by atoms with Crippen LogP contribution in [-0.4, -0.2) is 13.1 Å². The molecule has 0 aliphatic rings. The number of rotatable bonds is 3. The SMILES string of the molecule is CC[N+](CC)([N+]#N)c1ccccc1.Cl. The van der Waals surface area contributed by atoms with Crippen LogP contribution in [0.4, 0.5) is 5.69 Å². The fourth-order valence-electron chi connectivity index (χ4n) is 1.47. The third-order valence-electron chi connectivity index (χ3n) is 2.45. The highest BCUT2D eigenvalue weighted by molar-refractivity contribution is 5.85. The monoisotopic (exact) mass is 213 g/mol. The molecule has 0 N–H and O–H groups in total. The first kappa shape index (κ1) is 12.9. The van der Waals surface area contributed by atoms with Gasteiger partial charge in [0.25, 0.3) is 5.39 Å². The second-order valence-electron chi connectivity index (χ2n) is 2.98. The van der Waals surface area contributed by atoms with Crippen molar-refractivity contribution >= 4 is 18.1 Å². The van der Waals surface area contributed by atoms with Gasteiger partial charge in [-0.15, -0.1) is 12.4 Å². The van der Waals surface area contributed by atoms with Crippen molar-refractivity contribution in [2.24, 2.45) is 0 Å². The van der Waals surface area contributed by atoms with Crippen molar-refractivity contribution in [1.29, 1.82) is 5.39 Å². The molecule has 0 bridgehead atoms. The number of benzene rings is 1. The lowest BCUT2D eigenvalue weighted by Gasteiger charge is -2.12. The first-order valence-corrected chi connectivity index (χ1v) is 4.58. The van der Waals surface area contributed by atoms with Crippen molar-refractivity contribution in [2.75, 3.05) is 13.1 Å². The summed E-state index contributed by atoms with van der Waals surface area (Å²) >= 11 is 0. The molecule has 14 heavy (non-hydrogen) atoms. The highest BCUT2D eigenvalue weighted by atomic mass is 35.5. The second kappa shape index (κ2) is 5.58. The molecule has 0 saturated heterocycles. The molecule has 0 aromatic heterocycles. The summed E-state index contributed by atoms with van der Waals surface area (Å²) in [6.45, 7) is 5.54. The molecule has 0 fully saturated rings. The van der Waals surface area contributed by atoms with Gasteiger partial charge < -0.3 is 0 Å². The quantitative estimate of drug-likeness (QED) is 0.431. The number of hydrogen-bond donors (Lipinski definition) is 0. The number of halogens is 1. The summed E-state index contributed by atoms with van der Waals surface area (Å²) in [7, 11) is 0. The Morgan fingerprint density at radius 1 is 1.14 bits per heavy atom. The normalized spacial score (nSPS) is 10.1. The summed E-state index contributed by atoms with van der Waals surface area (Å²) < 4.78 is 0.279. The van der Waals surface area contributed by atoms with Gasteiger partial charge in [-0.3, -0.25) is 0 Å². The summed E-state index contributed by atoms with van der Waals surface area (Å²) in [6.07, 6.45) is 0. The molecule has 1 rings (SSSR count). The van der Waals surface area contributed by atoms with Crippen molar-refractivity contribution < 1.29 is 0 Å². The summed E-state index contributed by atoms with van der Waals surface area (Å²) in [5, 5.41) is 12.5. The number of para-hydroxylation sites is 1. The van der Waals surface area contributed by atoms with E-state index in [1.807, 2.05) is 44.2 Å². The van der Waals surface area contributed by atoms with E-state index in [1.54, 1.807) is 0 Å². The summed E-state index contributed by atoms with van der Waals surface area (Å²) in [5.74, 6) is 0. The lowest BCUT2D eigenvalue weighted by Crippen LogP contribution is -2.41. The van der Waals surface area contributed by atoms with E-state index in [9.17, 15) is 0 Å². The molecule has 1 aromatic carbocycles. The van der Waals surface area contributed by atoms with Gasteiger partial charge in [-0.05, 0) is 13.8 Å². The van der Waals surface area contributed by atoms with E-state index in [4.69, 9.17) is 5.39 Å². The molecule has 0 radical (unpaired) electrons. The van der Waals surface area contributed by atoms with Gasteiger partial charge in [0.2, 0.25) is 5.69 Å². The molecule has 0 spiro atoms. The lowest BCUT2D eigenvalue weighted by molar-refractivity contribution is 0.393. The standard InChI is InChI=1S/C10H15N3.ClH/c1-3-13(4-2,12-11)10-8-6-5-7-9-10;/h5-9H,3-4H2,1-2H3;1H/q+2;. The zero-order valence-corrected chi connectivity index (χ0v) is 9.37. The zero-order valence-electron chi connectivity index (χ0n) is 8.55. The first-order chi connectivity index (χ1) is 6.29. The van der Waals surface area contributed by atoms with Gasteiger partial charge >= 0.3 is 5.08 Å². The Morgan fingerprint density at radius 2 is 1.64 bits per heavy atom. The highest BCUT2D eigenvalue weighted by Gasteiger charge is 2.39. The van der Waals surface area contributed by atoms with Gasteiger partial charge in [0.1, 0.15) is 0 Å². The Balaban J connectivity index is 0.00000169. The van der Waals surface area contributed by atoms with E-state index in [2.05, 4.69) is 5.08 Å². The smallest absolute Gasteiger partial charge is 0.147 e. The van der Waals surface area contributed by atoms with Crippen LogP contribution in [-0.2, 0) is 0 Å². The van der Waals surface area contributed by atoms with Crippen molar-refractivity contribution in [3.8, 4) is 0 Å². The van der Waals surface area contributed by atoms with Gasteiger partial charge in [0.15, 0.2) is 13.1 Å². The Kier molecular flexibility index (Phi) is 5.14. The lowest BCUT2D eigenvalue weighted by atomic mass is 10.2. The van der Waals surface area contributed by atoms with E-state index < -0.39 is 0 Å². The Bertz CT molecular complexity index is 301. The molecular formula is C10H16ClN3+2. The molecular weight excluding hydrogens is 198 g/mol. The van der Waals surface area contributed by atoms with Gasteiger partial charge in [0, 0.05) is 12.1 Å². The maximum atomic E-state index is 9.03. The van der Waals surface area contributed by atoms with Crippen molar-refractivity contribution in [2.45, 2.75) is 13.8 Å². The number of diazo groups is 1. The van der Waals surface area contributed by atoms with Gasteiger partial charge in [-0.25, -0.2) is 0 Å². The largest absolute Gasteiger partial charge is 0.403 e. The van der Waals surface area contributed by atoms with Crippen LogP contribution in [0.5, 0.6) is 0 Å². The minimum atomic E-state index is 0. The number of hydrogen-bond acceptors (Lipinski definition) is 1. The Labute approximate surface area is 90.9 Å². The summed E-state index contributed by atoms with van der Waals surface area (Å²) in [6, 6.07) is 9.83. The fraction of sp³-hybridized carbons (Fsp3) is 0.400. The van der Waals surface area contributed by atoms with Gasteiger partial charge in [-0.1, -0.05) is 18.2 Å². The second-order valence-corrected chi connectivity index (χ2v) is 2.98. The molecule has 76 valence electrons. The van der Waals surface area contributed by atoms with Crippen molar-refractivity contribution in [1.82, 2.24) is 4.59 Å². The average molecular weight is 214 g/mol. The van der Waals surface area contributed by atoms with Crippen molar-refractivity contribution in [3.63, 3.8) is 0 Å². The molecule has 1 aromatic rings. The molecule has 0 aliphatic carbocycles. The maximum absolute atomic E-state index is 9.03. The van der Waals surface area contributed by atoms with Crippen LogP contribution in [0.25, 0.3) is 5.08 Å². The summed E-state index contributed by atoms with van der Waals surface area (Å²) in [5.41, 5.74) is 1.02. The topological polar surface area (TPSA) is 28.1 Å². The minimum Gasteiger partial charge on any atom is -0.147 e. The van der Waals surface area contributed by atoms with Crippen LogP contribution in [0.3, 0.4) is 0 Å². The molecule has 3 nitrogen and oxygen atoms in total. The van der Waals surface area contributed by atoms with E-state index in [0.29, 0.717) is 0 Å². The summed E-state index contributed by atoms with van der Waals surface area (Å²) in [4.78, 5) is 0. The zero-order chi connectivity index (χ0) is 9.73. The fourth-order valence-corrected chi connectivity index (χ4v) is 1.47. The third-order valence-corrected chi connectivity index (χ3v) is 2.45. The molecule has 0 heterocycles. The minimum absolute atomic E-state index is 0. The van der Waals surface area contributed by atoms with E-state index >= 15 is 0 Å². The van der Waals surface area contributed by atoms with Gasteiger partial charge in [0.05, 0.1) is 4.59 Å². The van der Waals surface area contributed by atoms with Crippen LogP contribution < -0.4 is 4.59 Å². The van der Waals surface area contributed by atoms with Gasteiger partial charge in [-0.2, -0.15) is 0 Å².